The largest absolute Gasteiger partial charge is 0.316 e. The van der Waals surface area contributed by atoms with E-state index in [1.54, 1.807) is 0 Å². The van der Waals surface area contributed by atoms with Crippen LogP contribution in [0.3, 0.4) is 0 Å². The van der Waals surface area contributed by atoms with Crippen molar-refractivity contribution >= 4 is 11.6 Å². The van der Waals surface area contributed by atoms with Gasteiger partial charge in [0.1, 0.15) is 0 Å². The molecule has 112 valence electrons. The van der Waals surface area contributed by atoms with E-state index in [9.17, 15) is 0 Å². The van der Waals surface area contributed by atoms with Crippen LogP contribution in [0.2, 0.25) is 5.02 Å². The molecule has 2 heteroatoms. The predicted octanol–water partition coefficient (Wildman–Crippen LogP) is 4.89. The maximum Gasteiger partial charge on any atom is 0.0406 e. The Morgan fingerprint density at radius 3 is 2.19 bits per heavy atom. The first-order chi connectivity index (χ1) is 10.1. The minimum atomic E-state index is 0.474. The first kappa shape index (κ1) is 16.1. The first-order valence-corrected chi connectivity index (χ1v) is 8.01. The van der Waals surface area contributed by atoms with E-state index in [1.807, 2.05) is 12.1 Å². The molecule has 1 N–H and O–H groups in total. The van der Waals surface area contributed by atoms with E-state index in [4.69, 9.17) is 11.6 Å². The van der Waals surface area contributed by atoms with Gasteiger partial charge in [-0.05, 0) is 61.2 Å². The fourth-order valence-electron chi connectivity index (χ4n) is 2.78. The molecule has 21 heavy (non-hydrogen) atoms. The zero-order valence-electron chi connectivity index (χ0n) is 13.1. The van der Waals surface area contributed by atoms with Crippen molar-refractivity contribution in [2.45, 2.75) is 33.1 Å². The number of benzene rings is 2. The lowest BCUT2D eigenvalue weighted by Gasteiger charge is -2.20. The molecule has 0 amide bonds. The highest BCUT2D eigenvalue weighted by molar-refractivity contribution is 6.30. The summed E-state index contributed by atoms with van der Waals surface area (Å²) < 4.78 is 0. The lowest BCUT2D eigenvalue weighted by atomic mass is 9.88. The molecule has 1 atom stereocenters. The average molecular weight is 302 g/mol. The molecule has 1 unspecified atom stereocenters. The minimum absolute atomic E-state index is 0.474. The molecule has 2 aromatic carbocycles. The van der Waals surface area contributed by atoms with Crippen molar-refractivity contribution in [3.8, 4) is 0 Å². The summed E-state index contributed by atoms with van der Waals surface area (Å²) in [6, 6.07) is 14.8. The zero-order valence-corrected chi connectivity index (χ0v) is 13.9. The zero-order chi connectivity index (χ0) is 15.2. The standard InChI is InChI=1S/C19H24ClN/c1-4-21-13-17(16-8-10-18(20)11-9-16)12-19-14(2)6-5-7-15(19)3/h5-11,17,21H,4,12-13H2,1-3H3. The van der Waals surface area contributed by atoms with Crippen molar-refractivity contribution in [1.82, 2.24) is 5.32 Å². The van der Waals surface area contributed by atoms with Gasteiger partial charge in [-0.25, -0.2) is 0 Å². The number of hydrogen-bond donors (Lipinski definition) is 1. The third-order valence-corrected chi connectivity index (χ3v) is 4.33. The van der Waals surface area contributed by atoms with E-state index in [1.165, 1.54) is 22.3 Å². The Hall–Kier alpha value is -1.31. The molecule has 0 saturated heterocycles. The van der Waals surface area contributed by atoms with Crippen LogP contribution in [0.15, 0.2) is 42.5 Å². The van der Waals surface area contributed by atoms with E-state index < -0.39 is 0 Å². The van der Waals surface area contributed by atoms with Crippen LogP contribution in [-0.4, -0.2) is 13.1 Å². The topological polar surface area (TPSA) is 12.0 Å². The van der Waals surface area contributed by atoms with Gasteiger partial charge >= 0.3 is 0 Å². The van der Waals surface area contributed by atoms with E-state index in [2.05, 4.69) is 56.4 Å². The Bertz CT molecular complexity index is 554. The van der Waals surface area contributed by atoms with Crippen molar-refractivity contribution in [1.29, 1.82) is 0 Å². The summed E-state index contributed by atoms with van der Waals surface area (Å²) >= 11 is 6.02. The third kappa shape index (κ3) is 4.33. The molecule has 0 fully saturated rings. The summed E-state index contributed by atoms with van der Waals surface area (Å²) in [7, 11) is 0. The van der Waals surface area contributed by atoms with Crippen LogP contribution in [0.4, 0.5) is 0 Å². The van der Waals surface area contributed by atoms with Gasteiger partial charge in [-0.15, -0.1) is 0 Å². The molecule has 0 spiro atoms. The molecule has 0 radical (unpaired) electrons. The van der Waals surface area contributed by atoms with Gasteiger partial charge in [0.15, 0.2) is 0 Å². The second kappa shape index (κ2) is 7.63. The van der Waals surface area contributed by atoms with Gasteiger partial charge in [0.05, 0.1) is 0 Å². The second-order valence-electron chi connectivity index (χ2n) is 5.63. The number of aryl methyl sites for hydroxylation is 2. The molecule has 0 aliphatic heterocycles. The van der Waals surface area contributed by atoms with E-state index in [0.29, 0.717) is 5.92 Å². The number of rotatable bonds is 6. The lowest BCUT2D eigenvalue weighted by molar-refractivity contribution is 0.593. The molecule has 2 rings (SSSR count). The predicted molar refractivity (Wildman–Crippen MR) is 92.4 cm³/mol. The molecule has 1 nitrogen and oxygen atoms in total. The van der Waals surface area contributed by atoms with Gasteiger partial charge in [-0.2, -0.15) is 0 Å². The molecule has 0 aromatic heterocycles. The number of nitrogens with one attached hydrogen (secondary N) is 1. The van der Waals surface area contributed by atoms with Crippen LogP contribution in [0.5, 0.6) is 0 Å². The Balaban J connectivity index is 2.26. The highest BCUT2D eigenvalue weighted by atomic mass is 35.5. The van der Waals surface area contributed by atoms with Crippen LogP contribution in [0.1, 0.15) is 35.1 Å². The summed E-state index contributed by atoms with van der Waals surface area (Å²) in [4.78, 5) is 0. The molecule has 0 bridgehead atoms. The normalized spacial score (nSPS) is 12.4. The Kier molecular flexibility index (Phi) is 5.84. The van der Waals surface area contributed by atoms with Gasteiger partial charge in [-0.1, -0.05) is 48.9 Å². The minimum Gasteiger partial charge on any atom is -0.316 e. The average Bonchev–Trinajstić information content (AvgIpc) is 2.47. The van der Waals surface area contributed by atoms with Crippen molar-refractivity contribution in [3.63, 3.8) is 0 Å². The molecule has 0 aliphatic rings. The van der Waals surface area contributed by atoms with Gasteiger partial charge in [-0.3, -0.25) is 0 Å². The molecular weight excluding hydrogens is 278 g/mol. The van der Waals surface area contributed by atoms with Crippen LogP contribution >= 0.6 is 11.6 Å². The van der Waals surface area contributed by atoms with Crippen molar-refractivity contribution in [2.24, 2.45) is 0 Å². The number of hydrogen-bond acceptors (Lipinski definition) is 1. The molecule has 0 heterocycles. The lowest BCUT2D eigenvalue weighted by Crippen LogP contribution is -2.23. The van der Waals surface area contributed by atoms with Crippen molar-refractivity contribution in [2.75, 3.05) is 13.1 Å². The Labute approximate surface area is 133 Å². The smallest absolute Gasteiger partial charge is 0.0406 e. The third-order valence-electron chi connectivity index (χ3n) is 4.08. The summed E-state index contributed by atoms with van der Waals surface area (Å²) in [6.07, 6.45) is 1.06. The highest BCUT2D eigenvalue weighted by Gasteiger charge is 2.14. The van der Waals surface area contributed by atoms with E-state index in [0.717, 1.165) is 24.5 Å². The van der Waals surface area contributed by atoms with Gasteiger partial charge in [0, 0.05) is 17.5 Å². The Morgan fingerprint density at radius 1 is 1.00 bits per heavy atom. The van der Waals surface area contributed by atoms with Crippen LogP contribution in [-0.2, 0) is 6.42 Å². The van der Waals surface area contributed by atoms with Gasteiger partial charge in [0.2, 0.25) is 0 Å². The fourth-order valence-corrected chi connectivity index (χ4v) is 2.90. The first-order valence-electron chi connectivity index (χ1n) is 7.63. The van der Waals surface area contributed by atoms with Crippen LogP contribution in [0.25, 0.3) is 0 Å². The van der Waals surface area contributed by atoms with Crippen LogP contribution < -0.4 is 5.32 Å². The maximum absolute atomic E-state index is 6.02. The molecule has 0 aliphatic carbocycles. The summed E-state index contributed by atoms with van der Waals surface area (Å²) in [5, 5.41) is 4.29. The highest BCUT2D eigenvalue weighted by Crippen LogP contribution is 2.25. The summed E-state index contributed by atoms with van der Waals surface area (Å²) in [5.41, 5.74) is 5.58. The Morgan fingerprint density at radius 2 is 1.62 bits per heavy atom. The number of halogens is 1. The quantitative estimate of drug-likeness (QED) is 0.801. The maximum atomic E-state index is 6.02. The SMILES string of the molecule is CCNCC(Cc1c(C)cccc1C)c1ccc(Cl)cc1. The van der Waals surface area contributed by atoms with E-state index >= 15 is 0 Å². The molecule has 0 saturated carbocycles. The van der Waals surface area contributed by atoms with Crippen molar-refractivity contribution in [3.05, 3.63) is 69.7 Å². The van der Waals surface area contributed by atoms with E-state index in [-0.39, 0.29) is 0 Å². The summed E-state index contributed by atoms with van der Waals surface area (Å²) in [5.74, 6) is 0.474. The van der Waals surface area contributed by atoms with Gasteiger partial charge < -0.3 is 5.32 Å². The number of likely N-dealkylation sites (N-methyl/N-ethyl adjacent to an activating group) is 1. The van der Waals surface area contributed by atoms with Crippen molar-refractivity contribution < 1.29 is 0 Å². The second-order valence-corrected chi connectivity index (χ2v) is 6.07. The van der Waals surface area contributed by atoms with Crippen LogP contribution in [0, 0.1) is 13.8 Å². The molecular formula is C19H24ClN. The molecule has 2 aromatic rings. The van der Waals surface area contributed by atoms with Gasteiger partial charge in [0.25, 0.3) is 0 Å². The fraction of sp³-hybridized carbons (Fsp3) is 0.368. The summed E-state index contributed by atoms with van der Waals surface area (Å²) in [6.45, 7) is 8.55. The monoisotopic (exact) mass is 301 g/mol.